The first-order valence-electron chi connectivity index (χ1n) is 15.5. The number of carbonyl (C=O) groups is 3. The van der Waals surface area contributed by atoms with E-state index in [1.165, 1.54) is 4.90 Å². The molecule has 2 aromatic rings. The van der Waals surface area contributed by atoms with Crippen LogP contribution in [0.25, 0.3) is 0 Å². The largest absolute Gasteiger partial charge is 0.465 e. The Hall–Kier alpha value is -2.57. The fourth-order valence-electron chi connectivity index (χ4n) is 7.37. The summed E-state index contributed by atoms with van der Waals surface area (Å²) in [6.45, 7) is 5.76. The third-order valence-corrected chi connectivity index (χ3v) is 11.6. The monoisotopic (exact) mass is 662 g/mol. The lowest BCUT2D eigenvalue weighted by Crippen LogP contribution is -2.60. The Morgan fingerprint density at radius 1 is 1.00 bits per heavy atom. The molecule has 0 bridgehead atoms. The Morgan fingerprint density at radius 2 is 1.73 bits per heavy atom. The number of nitrogens with one attached hydrogen (secondary N) is 1. The van der Waals surface area contributed by atoms with Gasteiger partial charge in [0.15, 0.2) is 0 Å². The number of halogens is 2. The highest BCUT2D eigenvalue weighted by Gasteiger charge is 2.44. The zero-order valence-corrected chi connectivity index (χ0v) is 27.3. The van der Waals surface area contributed by atoms with Crippen molar-refractivity contribution in [2.75, 3.05) is 58.2 Å². The van der Waals surface area contributed by atoms with Crippen molar-refractivity contribution in [3.05, 3.63) is 50.1 Å². The average molecular weight is 664 g/mol. The number of urea groups is 1. The number of carbonyl (C=O) groups excluding carboxylic acids is 2. The number of piperidine rings is 2. The maximum absolute atomic E-state index is 14.5. The van der Waals surface area contributed by atoms with Crippen LogP contribution in [0.15, 0.2) is 29.6 Å². The van der Waals surface area contributed by atoms with E-state index in [1.807, 2.05) is 27.3 Å². The summed E-state index contributed by atoms with van der Waals surface area (Å²) in [7, 11) is 2.16. The van der Waals surface area contributed by atoms with E-state index in [0.29, 0.717) is 55.0 Å². The van der Waals surface area contributed by atoms with Crippen LogP contribution in [-0.2, 0) is 17.8 Å². The van der Waals surface area contributed by atoms with Gasteiger partial charge in [-0.25, -0.2) is 9.59 Å². The van der Waals surface area contributed by atoms with Crippen molar-refractivity contribution in [3.8, 4) is 0 Å². The smallest absolute Gasteiger partial charge is 0.407 e. The number of thiophene rings is 1. The summed E-state index contributed by atoms with van der Waals surface area (Å²) >= 11 is 14.2. The Balaban J connectivity index is 1.24. The maximum Gasteiger partial charge on any atom is 0.407 e. The zero-order valence-electron chi connectivity index (χ0n) is 25.0. The van der Waals surface area contributed by atoms with Gasteiger partial charge < -0.3 is 30.0 Å². The molecule has 5 heterocycles. The molecule has 4 aliphatic heterocycles. The summed E-state index contributed by atoms with van der Waals surface area (Å²) in [5, 5.41) is 16.1. The van der Waals surface area contributed by atoms with E-state index in [4.69, 9.17) is 23.2 Å². The fourth-order valence-corrected chi connectivity index (χ4v) is 8.52. The van der Waals surface area contributed by atoms with Crippen molar-refractivity contribution in [1.29, 1.82) is 0 Å². The molecule has 1 aromatic carbocycles. The second kappa shape index (κ2) is 13.4. The summed E-state index contributed by atoms with van der Waals surface area (Å²) in [4.78, 5) is 51.3. The highest BCUT2D eigenvalue weighted by molar-refractivity contribution is 7.10. The number of carboxylic acid groups (broad SMARTS) is 1. The molecule has 0 radical (unpaired) electrons. The number of nitrogens with zero attached hydrogens (tertiary/aromatic N) is 5. The summed E-state index contributed by atoms with van der Waals surface area (Å²) in [5.74, 6) is -0.675. The van der Waals surface area contributed by atoms with Gasteiger partial charge in [-0.2, -0.15) is 0 Å². The number of fused-ring (bicyclic) bond motifs is 1. The molecule has 0 spiro atoms. The van der Waals surface area contributed by atoms with Crippen LogP contribution in [0.5, 0.6) is 0 Å². The van der Waals surface area contributed by atoms with Crippen LogP contribution in [0.2, 0.25) is 10.0 Å². The third-order valence-electron chi connectivity index (χ3n) is 9.92. The first-order chi connectivity index (χ1) is 21.2. The standard InChI is InChI=1S/C31H40Cl2N6O4S/c1-35-8-4-21(5-9-35)36-11-13-37(14-12-36)29(40)23(16-20-2-3-24(32)25(33)17-20)27-18-22(6-10-38(27)31(42)43)39-19-28-26(7-15-44-28)34-30(39)41/h2-3,7,15,17,21-23,27H,4-6,8-14,16,18-19H2,1H3,(H,34,41)(H,42,43)/t22?,23?,27-/m1/s1. The third kappa shape index (κ3) is 6.67. The molecule has 3 saturated heterocycles. The minimum atomic E-state index is -1.05. The molecule has 1 aromatic heterocycles. The van der Waals surface area contributed by atoms with E-state index >= 15 is 0 Å². The van der Waals surface area contributed by atoms with Crippen molar-refractivity contribution in [2.24, 2.45) is 5.92 Å². The van der Waals surface area contributed by atoms with Crippen molar-refractivity contribution < 1.29 is 19.5 Å². The summed E-state index contributed by atoms with van der Waals surface area (Å²) in [6.07, 6.45) is 2.45. The number of benzene rings is 1. The molecule has 13 heteroatoms. The van der Waals surface area contributed by atoms with E-state index in [-0.39, 0.29) is 24.5 Å². The van der Waals surface area contributed by atoms with Crippen molar-refractivity contribution >= 4 is 58.3 Å². The molecule has 3 atom stereocenters. The van der Waals surface area contributed by atoms with Gasteiger partial charge in [0.2, 0.25) is 5.91 Å². The van der Waals surface area contributed by atoms with Crippen molar-refractivity contribution in [1.82, 2.24) is 24.5 Å². The molecule has 6 rings (SSSR count). The Morgan fingerprint density at radius 3 is 2.43 bits per heavy atom. The first-order valence-corrected chi connectivity index (χ1v) is 17.1. The Bertz CT molecular complexity index is 1380. The predicted octanol–water partition coefficient (Wildman–Crippen LogP) is 5.01. The first kappa shape index (κ1) is 31.4. The van der Waals surface area contributed by atoms with Gasteiger partial charge in [-0.05, 0) is 81.4 Å². The molecule has 0 aliphatic carbocycles. The van der Waals surface area contributed by atoms with Gasteiger partial charge >= 0.3 is 12.1 Å². The van der Waals surface area contributed by atoms with Gasteiger partial charge in [0, 0.05) is 55.7 Å². The number of likely N-dealkylation sites (tertiary alicyclic amines) is 2. The van der Waals surface area contributed by atoms with Gasteiger partial charge in [-0.15, -0.1) is 11.3 Å². The van der Waals surface area contributed by atoms with Crippen LogP contribution < -0.4 is 5.32 Å². The normalized spacial score (nSPS) is 24.6. The number of anilines is 1. The van der Waals surface area contributed by atoms with Crippen molar-refractivity contribution in [3.63, 3.8) is 0 Å². The molecule has 0 saturated carbocycles. The van der Waals surface area contributed by atoms with Crippen LogP contribution >= 0.6 is 34.5 Å². The molecule has 10 nitrogen and oxygen atoms in total. The highest BCUT2D eigenvalue weighted by atomic mass is 35.5. The van der Waals surface area contributed by atoms with Gasteiger partial charge in [-0.3, -0.25) is 9.69 Å². The predicted molar refractivity (Wildman–Crippen MR) is 173 cm³/mol. The molecule has 2 unspecified atom stereocenters. The second-order valence-electron chi connectivity index (χ2n) is 12.5. The summed E-state index contributed by atoms with van der Waals surface area (Å²) in [6, 6.07) is 6.81. The Kier molecular flexibility index (Phi) is 9.58. The van der Waals surface area contributed by atoms with Crippen molar-refractivity contribution in [2.45, 2.75) is 56.8 Å². The van der Waals surface area contributed by atoms with E-state index in [1.54, 1.807) is 23.5 Å². The topological polar surface area (TPSA) is 99.7 Å². The molecular weight excluding hydrogens is 623 g/mol. The van der Waals surface area contributed by atoms with Crippen LogP contribution in [-0.4, -0.2) is 119 Å². The average Bonchev–Trinajstić information content (AvgIpc) is 3.48. The number of hydrogen-bond acceptors (Lipinski definition) is 6. The summed E-state index contributed by atoms with van der Waals surface area (Å²) < 4.78 is 0. The van der Waals surface area contributed by atoms with Crippen LogP contribution in [0, 0.1) is 5.92 Å². The lowest BCUT2D eigenvalue weighted by atomic mass is 9.82. The Labute approximate surface area is 272 Å². The van der Waals surface area contributed by atoms with Gasteiger partial charge in [0.1, 0.15) is 0 Å². The number of piperazine rings is 1. The molecule has 44 heavy (non-hydrogen) atoms. The quantitative estimate of drug-likeness (QED) is 0.451. The van der Waals surface area contributed by atoms with Crippen LogP contribution in [0.1, 0.15) is 36.1 Å². The fraction of sp³-hybridized carbons (Fsp3) is 0.581. The zero-order chi connectivity index (χ0) is 31.0. The lowest BCUT2D eigenvalue weighted by Gasteiger charge is -2.47. The highest BCUT2D eigenvalue weighted by Crippen LogP contribution is 2.36. The molecule has 3 fully saturated rings. The number of rotatable bonds is 6. The van der Waals surface area contributed by atoms with E-state index in [2.05, 4.69) is 22.2 Å². The molecule has 2 N–H and O–H groups in total. The molecular formula is C31H40Cl2N6O4S. The SMILES string of the molecule is CN1CCC(N2CCN(C(=O)C(Cc3ccc(Cl)c(Cl)c3)[C@H]3CC(N4Cc5sccc5NC4=O)CCN3C(=O)O)CC2)CC1. The number of amides is 4. The van der Waals surface area contributed by atoms with Gasteiger partial charge in [-0.1, -0.05) is 29.3 Å². The van der Waals surface area contributed by atoms with Crippen LogP contribution in [0.3, 0.4) is 0 Å². The maximum atomic E-state index is 14.5. The minimum absolute atomic E-state index is 0.0420. The molecule has 4 aliphatic rings. The van der Waals surface area contributed by atoms with E-state index in [9.17, 15) is 19.5 Å². The van der Waals surface area contributed by atoms with E-state index < -0.39 is 18.1 Å². The van der Waals surface area contributed by atoms with Crippen LogP contribution in [0.4, 0.5) is 15.3 Å². The lowest BCUT2D eigenvalue weighted by molar-refractivity contribution is -0.140. The molecule has 4 amide bonds. The van der Waals surface area contributed by atoms with E-state index in [0.717, 1.165) is 55.1 Å². The minimum Gasteiger partial charge on any atom is -0.465 e. The van der Waals surface area contributed by atoms with Gasteiger partial charge in [0.05, 0.1) is 28.2 Å². The summed E-state index contributed by atoms with van der Waals surface area (Å²) in [5.41, 5.74) is 1.66. The molecule has 238 valence electrons. The second-order valence-corrected chi connectivity index (χ2v) is 14.3. The van der Waals surface area contributed by atoms with Gasteiger partial charge in [0.25, 0.3) is 0 Å². The number of hydrogen-bond donors (Lipinski definition) is 2.